The molecule has 0 spiro atoms. The van der Waals surface area contributed by atoms with Crippen LogP contribution in [0.1, 0.15) is 45.8 Å². The highest BCUT2D eigenvalue weighted by molar-refractivity contribution is 6.11. The smallest absolute Gasteiger partial charge is 0.167 e. The van der Waals surface area contributed by atoms with Gasteiger partial charge in [-0.3, -0.25) is 9.69 Å². The van der Waals surface area contributed by atoms with Gasteiger partial charge >= 0.3 is 0 Å². The van der Waals surface area contributed by atoms with E-state index in [-0.39, 0.29) is 5.92 Å². The van der Waals surface area contributed by atoms with Gasteiger partial charge in [0.2, 0.25) is 0 Å². The number of ketones is 1. The Balaban J connectivity index is 1.34. The quantitative estimate of drug-likeness (QED) is 0.570. The summed E-state index contributed by atoms with van der Waals surface area (Å²) in [7, 11) is 1.67. The molecule has 1 atom stereocenters. The van der Waals surface area contributed by atoms with Crippen molar-refractivity contribution in [1.29, 1.82) is 0 Å². The number of likely N-dealkylation sites (tertiary alicyclic amines) is 1. The normalized spacial score (nSPS) is 19.1. The molecule has 0 amide bonds. The standard InChI is InChI=1S/C25H27NO3/c1-28-16-21-11-10-20(29-21)15-26-13-3-5-19(14-26)25(27)23-12-9-18-8-7-17-4-2-6-22(23)24(17)18/h2,4,6,9-12,19H,3,5,7-8,13-16H2,1H3/t19-/m0/s1. The zero-order chi connectivity index (χ0) is 19.8. The maximum atomic E-state index is 13.5. The van der Waals surface area contributed by atoms with Crippen molar-refractivity contribution >= 4 is 16.6 Å². The minimum atomic E-state index is 0.0515. The number of carbonyl (C=O) groups is 1. The van der Waals surface area contributed by atoms with E-state index in [0.29, 0.717) is 12.4 Å². The lowest BCUT2D eigenvalue weighted by molar-refractivity contribution is 0.0802. The summed E-state index contributed by atoms with van der Waals surface area (Å²) >= 11 is 0. The first kappa shape index (κ1) is 18.6. The molecule has 150 valence electrons. The Kier molecular flexibility index (Phi) is 4.98. The van der Waals surface area contributed by atoms with Crippen molar-refractivity contribution < 1.29 is 13.9 Å². The molecule has 0 saturated carbocycles. The van der Waals surface area contributed by atoms with Crippen molar-refractivity contribution in [2.45, 2.75) is 38.8 Å². The first-order valence-corrected chi connectivity index (χ1v) is 10.6. The molecule has 29 heavy (non-hydrogen) atoms. The number of Topliss-reactive ketones (excluding diaryl/α,β-unsaturated/α-hetero) is 1. The predicted octanol–water partition coefficient (Wildman–Crippen LogP) is 4.77. The van der Waals surface area contributed by atoms with E-state index < -0.39 is 0 Å². The van der Waals surface area contributed by atoms with E-state index in [9.17, 15) is 4.79 Å². The molecule has 0 unspecified atom stereocenters. The molecule has 0 N–H and O–H groups in total. The van der Waals surface area contributed by atoms with Gasteiger partial charge in [0.15, 0.2) is 5.78 Å². The molecule has 2 aromatic carbocycles. The lowest BCUT2D eigenvalue weighted by Crippen LogP contribution is -2.38. The van der Waals surface area contributed by atoms with Crippen LogP contribution in [0.2, 0.25) is 0 Å². The average Bonchev–Trinajstić information content (AvgIpc) is 3.37. The third-order valence-electron chi connectivity index (χ3n) is 6.40. The molecule has 0 bridgehead atoms. The number of furan rings is 1. The van der Waals surface area contributed by atoms with Gasteiger partial charge in [-0.05, 0) is 66.3 Å². The minimum Gasteiger partial charge on any atom is -0.462 e. The highest BCUT2D eigenvalue weighted by Gasteiger charge is 2.29. The van der Waals surface area contributed by atoms with Crippen molar-refractivity contribution in [3.63, 3.8) is 0 Å². The molecule has 1 aliphatic carbocycles. The van der Waals surface area contributed by atoms with E-state index in [1.807, 2.05) is 12.1 Å². The largest absolute Gasteiger partial charge is 0.462 e. The molecule has 0 radical (unpaired) electrons. The Morgan fingerprint density at radius 3 is 2.79 bits per heavy atom. The molecule has 4 heteroatoms. The molecule has 5 rings (SSSR count). The van der Waals surface area contributed by atoms with E-state index in [0.717, 1.165) is 67.8 Å². The zero-order valence-electron chi connectivity index (χ0n) is 16.9. The third-order valence-corrected chi connectivity index (χ3v) is 6.40. The molecule has 1 saturated heterocycles. The van der Waals surface area contributed by atoms with Crippen molar-refractivity contribution in [3.8, 4) is 0 Å². The van der Waals surface area contributed by atoms with Crippen LogP contribution in [0.25, 0.3) is 10.8 Å². The average molecular weight is 389 g/mol. The number of piperidine rings is 1. The number of ether oxygens (including phenoxy) is 1. The minimum absolute atomic E-state index is 0.0515. The number of methoxy groups -OCH3 is 1. The van der Waals surface area contributed by atoms with Crippen LogP contribution in [0.15, 0.2) is 46.9 Å². The van der Waals surface area contributed by atoms with Gasteiger partial charge in [0.25, 0.3) is 0 Å². The highest BCUT2D eigenvalue weighted by atomic mass is 16.5. The summed E-state index contributed by atoms with van der Waals surface area (Å²) < 4.78 is 11.0. The summed E-state index contributed by atoms with van der Waals surface area (Å²) in [6.07, 6.45) is 4.19. The van der Waals surface area contributed by atoms with Crippen LogP contribution < -0.4 is 0 Å². The third kappa shape index (κ3) is 3.52. The Labute approximate surface area is 171 Å². The van der Waals surface area contributed by atoms with Crippen molar-refractivity contribution in [1.82, 2.24) is 4.90 Å². The summed E-state index contributed by atoms with van der Waals surface area (Å²) in [5.41, 5.74) is 3.68. The summed E-state index contributed by atoms with van der Waals surface area (Å²) in [5.74, 6) is 2.14. The van der Waals surface area contributed by atoms with Crippen LogP contribution >= 0.6 is 0 Å². The monoisotopic (exact) mass is 389 g/mol. The SMILES string of the molecule is COCc1ccc(CN2CCC[C@H](C(=O)c3ccc4c5c(cccc35)CC4)C2)o1. The van der Waals surface area contributed by atoms with Gasteiger partial charge in [-0.25, -0.2) is 0 Å². The number of hydrogen-bond acceptors (Lipinski definition) is 4. The molecule has 1 fully saturated rings. The van der Waals surface area contributed by atoms with Crippen molar-refractivity contribution in [3.05, 3.63) is 70.7 Å². The van der Waals surface area contributed by atoms with Crippen LogP contribution in [-0.4, -0.2) is 30.9 Å². The Morgan fingerprint density at radius 1 is 1.10 bits per heavy atom. The predicted molar refractivity (Wildman–Crippen MR) is 113 cm³/mol. The van der Waals surface area contributed by atoms with Crippen LogP contribution in [0.3, 0.4) is 0 Å². The van der Waals surface area contributed by atoms with E-state index >= 15 is 0 Å². The number of carbonyl (C=O) groups excluding carboxylic acids is 1. The molecule has 1 aromatic heterocycles. The van der Waals surface area contributed by atoms with Gasteiger partial charge < -0.3 is 9.15 Å². The highest BCUT2D eigenvalue weighted by Crippen LogP contribution is 2.34. The first-order valence-electron chi connectivity index (χ1n) is 10.6. The van der Waals surface area contributed by atoms with Gasteiger partial charge in [-0.2, -0.15) is 0 Å². The number of nitrogens with zero attached hydrogens (tertiary/aromatic N) is 1. The fourth-order valence-corrected chi connectivity index (χ4v) is 5.04. The number of benzene rings is 2. The second-order valence-corrected chi connectivity index (χ2v) is 8.35. The fraction of sp³-hybridized carbons (Fsp3) is 0.400. The van der Waals surface area contributed by atoms with Crippen LogP contribution in [-0.2, 0) is 30.7 Å². The first-order chi connectivity index (χ1) is 14.2. The van der Waals surface area contributed by atoms with Gasteiger partial charge in [0, 0.05) is 25.1 Å². The van der Waals surface area contributed by atoms with Crippen LogP contribution in [0.4, 0.5) is 0 Å². The fourth-order valence-electron chi connectivity index (χ4n) is 5.04. The van der Waals surface area contributed by atoms with E-state index in [2.05, 4.69) is 35.2 Å². The molecule has 2 aliphatic rings. The van der Waals surface area contributed by atoms with E-state index in [4.69, 9.17) is 9.15 Å². The lowest BCUT2D eigenvalue weighted by atomic mass is 9.87. The zero-order valence-corrected chi connectivity index (χ0v) is 16.9. The molecular weight excluding hydrogens is 362 g/mol. The Bertz CT molecular complexity index is 1040. The summed E-state index contributed by atoms with van der Waals surface area (Å²) in [4.78, 5) is 15.8. The number of rotatable bonds is 6. The van der Waals surface area contributed by atoms with Gasteiger partial charge in [-0.15, -0.1) is 0 Å². The summed E-state index contributed by atoms with van der Waals surface area (Å²) in [5, 5.41) is 2.47. The lowest BCUT2D eigenvalue weighted by Gasteiger charge is -2.31. The van der Waals surface area contributed by atoms with Crippen molar-refractivity contribution in [2.75, 3.05) is 20.2 Å². The molecule has 3 aromatic rings. The van der Waals surface area contributed by atoms with Crippen molar-refractivity contribution in [2.24, 2.45) is 5.92 Å². The number of hydrogen-bond donors (Lipinski definition) is 0. The van der Waals surface area contributed by atoms with E-state index in [1.165, 1.54) is 16.5 Å². The summed E-state index contributed by atoms with van der Waals surface area (Å²) in [6, 6.07) is 14.7. The maximum Gasteiger partial charge on any atom is 0.167 e. The molecule has 1 aliphatic heterocycles. The van der Waals surface area contributed by atoms with Gasteiger partial charge in [0.1, 0.15) is 18.1 Å². The Hall–Kier alpha value is -2.43. The van der Waals surface area contributed by atoms with Gasteiger partial charge in [-0.1, -0.05) is 30.3 Å². The second kappa shape index (κ2) is 7.77. The van der Waals surface area contributed by atoms with Crippen LogP contribution in [0.5, 0.6) is 0 Å². The second-order valence-electron chi connectivity index (χ2n) is 8.35. The van der Waals surface area contributed by atoms with Crippen LogP contribution in [0, 0.1) is 5.92 Å². The number of aryl methyl sites for hydroxylation is 2. The van der Waals surface area contributed by atoms with Gasteiger partial charge in [0.05, 0.1) is 6.54 Å². The Morgan fingerprint density at radius 2 is 1.93 bits per heavy atom. The van der Waals surface area contributed by atoms with E-state index in [1.54, 1.807) is 7.11 Å². The summed E-state index contributed by atoms with van der Waals surface area (Å²) in [6.45, 7) is 3.04. The topological polar surface area (TPSA) is 42.7 Å². The maximum absolute atomic E-state index is 13.5. The molecule has 2 heterocycles. The molecular formula is C25H27NO3. The molecule has 4 nitrogen and oxygen atoms in total.